The van der Waals surface area contributed by atoms with Gasteiger partial charge in [-0.15, -0.1) is 0 Å². The first-order chi connectivity index (χ1) is 12.0. The molecule has 3 rings (SSSR count). The number of hydrogen-bond acceptors (Lipinski definition) is 5. The van der Waals surface area contributed by atoms with Gasteiger partial charge in [0.05, 0.1) is 30.4 Å². The number of hydrogen-bond donors (Lipinski definition) is 1. The number of sulfonamides is 1. The number of rotatable bonds is 6. The lowest BCUT2D eigenvalue weighted by molar-refractivity contribution is 0.0128. The highest BCUT2D eigenvalue weighted by Gasteiger charge is 2.27. The van der Waals surface area contributed by atoms with Crippen molar-refractivity contribution in [2.75, 3.05) is 32.8 Å². The maximum absolute atomic E-state index is 12.6. The van der Waals surface area contributed by atoms with E-state index in [2.05, 4.69) is 9.62 Å². The molecule has 1 unspecified atom stereocenters. The fraction of sp³-hybridized carbons (Fsp3) is 0.412. The molecular formula is C17H21ClN2O4S. The Balaban J connectivity index is 1.76. The van der Waals surface area contributed by atoms with Gasteiger partial charge >= 0.3 is 0 Å². The van der Waals surface area contributed by atoms with Gasteiger partial charge in [0.15, 0.2) is 0 Å². The first-order valence-electron chi connectivity index (χ1n) is 8.08. The van der Waals surface area contributed by atoms with Crippen LogP contribution in [0.4, 0.5) is 0 Å². The van der Waals surface area contributed by atoms with Crippen LogP contribution in [0.25, 0.3) is 0 Å². The zero-order chi connectivity index (χ0) is 17.9. The van der Waals surface area contributed by atoms with Crippen molar-refractivity contribution in [2.24, 2.45) is 0 Å². The summed E-state index contributed by atoms with van der Waals surface area (Å²) in [6.07, 6.45) is 1.59. The number of ether oxygens (including phenoxy) is 1. The van der Waals surface area contributed by atoms with Crippen LogP contribution >= 0.6 is 11.6 Å². The summed E-state index contributed by atoms with van der Waals surface area (Å²) in [4.78, 5) is 2.32. The molecule has 1 N–H and O–H groups in total. The Kier molecular flexibility index (Phi) is 5.81. The molecule has 0 amide bonds. The van der Waals surface area contributed by atoms with E-state index in [1.54, 1.807) is 24.5 Å². The van der Waals surface area contributed by atoms with Gasteiger partial charge in [-0.2, -0.15) is 0 Å². The van der Waals surface area contributed by atoms with Crippen molar-refractivity contribution in [3.63, 3.8) is 0 Å². The molecule has 2 heterocycles. The van der Waals surface area contributed by atoms with Crippen LogP contribution in [0.3, 0.4) is 0 Å². The standard InChI is InChI=1S/C17H21ClN2O4S/c1-13-4-5-14(11-15(13)18)25(21,22)19-12-16(17-3-2-8-24-17)20-6-9-23-10-7-20/h2-5,8,11,16,19H,6-7,9-10,12H2,1H3. The minimum Gasteiger partial charge on any atom is -0.468 e. The summed E-state index contributed by atoms with van der Waals surface area (Å²) < 4.78 is 38.8. The monoisotopic (exact) mass is 384 g/mol. The van der Waals surface area contributed by atoms with Crippen LogP contribution in [0.15, 0.2) is 45.9 Å². The third kappa shape index (κ3) is 4.43. The van der Waals surface area contributed by atoms with Gasteiger partial charge in [0.25, 0.3) is 0 Å². The van der Waals surface area contributed by atoms with Crippen LogP contribution in [-0.4, -0.2) is 46.2 Å². The number of aryl methyl sites for hydroxylation is 1. The van der Waals surface area contributed by atoms with Crippen LogP contribution < -0.4 is 4.72 Å². The second-order valence-corrected chi connectivity index (χ2v) is 8.12. The average Bonchev–Trinajstić information content (AvgIpc) is 3.12. The van der Waals surface area contributed by atoms with Gasteiger partial charge in [-0.25, -0.2) is 13.1 Å². The summed E-state index contributed by atoms with van der Waals surface area (Å²) in [6.45, 7) is 4.74. The third-order valence-corrected chi connectivity index (χ3v) is 6.11. The summed E-state index contributed by atoms with van der Waals surface area (Å²) >= 11 is 6.06. The molecular weight excluding hydrogens is 364 g/mol. The second-order valence-electron chi connectivity index (χ2n) is 5.94. The molecule has 0 saturated carbocycles. The van der Waals surface area contributed by atoms with E-state index in [1.807, 2.05) is 13.0 Å². The highest BCUT2D eigenvalue weighted by atomic mass is 35.5. The minimum absolute atomic E-state index is 0.156. The Morgan fingerprint density at radius 2 is 2.04 bits per heavy atom. The Morgan fingerprint density at radius 3 is 2.68 bits per heavy atom. The molecule has 25 heavy (non-hydrogen) atoms. The number of benzene rings is 1. The summed E-state index contributed by atoms with van der Waals surface area (Å²) in [5.41, 5.74) is 0.836. The van der Waals surface area contributed by atoms with Crippen LogP contribution in [0, 0.1) is 6.92 Å². The van der Waals surface area contributed by atoms with E-state index in [9.17, 15) is 8.42 Å². The number of halogens is 1. The Labute approximate surface area is 152 Å². The molecule has 6 nitrogen and oxygen atoms in total. The summed E-state index contributed by atoms with van der Waals surface area (Å²) in [5, 5.41) is 0.429. The smallest absolute Gasteiger partial charge is 0.240 e. The number of nitrogens with one attached hydrogen (secondary N) is 1. The largest absolute Gasteiger partial charge is 0.468 e. The lowest BCUT2D eigenvalue weighted by Crippen LogP contribution is -2.43. The first kappa shape index (κ1) is 18.4. The number of nitrogens with zero attached hydrogens (tertiary/aromatic N) is 1. The summed E-state index contributed by atoms with van der Waals surface area (Å²) in [5.74, 6) is 0.728. The van der Waals surface area contributed by atoms with Crippen molar-refractivity contribution in [3.8, 4) is 0 Å². The molecule has 1 aromatic heterocycles. The van der Waals surface area contributed by atoms with E-state index in [0.29, 0.717) is 18.2 Å². The molecule has 1 aliphatic rings. The Morgan fingerprint density at radius 1 is 1.28 bits per heavy atom. The molecule has 0 radical (unpaired) electrons. The van der Waals surface area contributed by atoms with E-state index >= 15 is 0 Å². The topological polar surface area (TPSA) is 71.8 Å². The van der Waals surface area contributed by atoms with Crippen molar-refractivity contribution < 1.29 is 17.6 Å². The quantitative estimate of drug-likeness (QED) is 0.828. The lowest BCUT2D eigenvalue weighted by atomic mass is 10.2. The van der Waals surface area contributed by atoms with Gasteiger partial charge < -0.3 is 9.15 Å². The van der Waals surface area contributed by atoms with Crippen molar-refractivity contribution in [2.45, 2.75) is 17.9 Å². The summed E-state index contributed by atoms with van der Waals surface area (Å²) in [7, 11) is -3.66. The maximum Gasteiger partial charge on any atom is 0.240 e. The van der Waals surface area contributed by atoms with Gasteiger partial charge in [0.1, 0.15) is 5.76 Å². The molecule has 0 aliphatic carbocycles. The van der Waals surface area contributed by atoms with Gasteiger partial charge in [-0.3, -0.25) is 4.90 Å². The van der Waals surface area contributed by atoms with E-state index in [-0.39, 0.29) is 17.5 Å². The molecule has 136 valence electrons. The predicted molar refractivity (Wildman–Crippen MR) is 95.2 cm³/mol. The maximum atomic E-state index is 12.6. The van der Waals surface area contributed by atoms with Crippen LogP contribution in [-0.2, 0) is 14.8 Å². The molecule has 0 bridgehead atoms. The second kappa shape index (κ2) is 7.88. The molecule has 1 fully saturated rings. The van der Waals surface area contributed by atoms with Gasteiger partial charge in [0.2, 0.25) is 10.0 Å². The molecule has 8 heteroatoms. The van der Waals surface area contributed by atoms with Crippen molar-refractivity contribution in [1.82, 2.24) is 9.62 Å². The lowest BCUT2D eigenvalue weighted by Gasteiger charge is -2.33. The molecule has 1 aromatic carbocycles. The van der Waals surface area contributed by atoms with Crippen LogP contribution in [0.2, 0.25) is 5.02 Å². The highest BCUT2D eigenvalue weighted by Crippen LogP contribution is 2.24. The molecule has 1 saturated heterocycles. The number of morpholine rings is 1. The fourth-order valence-electron chi connectivity index (χ4n) is 2.79. The average molecular weight is 385 g/mol. The molecule has 1 atom stereocenters. The fourth-order valence-corrected chi connectivity index (χ4v) is 4.10. The minimum atomic E-state index is -3.66. The van der Waals surface area contributed by atoms with E-state index < -0.39 is 10.0 Å². The van der Waals surface area contributed by atoms with Crippen molar-refractivity contribution >= 4 is 21.6 Å². The third-order valence-electron chi connectivity index (χ3n) is 4.28. The predicted octanol–water partition coefficient (Wildman–Crippen LogP) is 2.59. The number of furan rings is 1. The Hall–Kier alpha value is -1.38. The zero-order valence-corrected chi connectivity index (χ0v) is 15.5. The van der Waals surface area contributed by atoms with Crippen molar-refractivity contribution in [3.05, 3.63) is 52.9 Å². The molecule has 0 spiro atoms. The van der Waals surface area contributed by atoms with Crippen molar-refractivity contribution in [1.29, 1.82) is 0 Å². The molecule has 1 aliphatic heterocycles. The first-order valence-corrected chi connectivity index (χ1v) is 9.94. The van der Waals surface area contributed by atoms with Gasteiger partial charge in [-0.05, 0) is 36.8 Å². The van der Waals surface area contributed by atoms with E-state index in [4.69, 9.17) is 20.8 Å². The van der Waals surface area contributed by atoms with E-state index in [1.165, 1.54) is 6.07 Å². The zero-order valence-electron chi connectivity index (χ0n) is 13.9. The van der Waals surface area contributed by atoms with Crippen LogP contribution in [0.5, 0.6) is 0 Å². The van der Waals surface area contributed by atoms with Gasteiger partial charge in [0, 0.05) is 24.7 Å². The normalized spacial score (nSPS) is 17.5. The highest BCUT2D eigenvalue weighted by molar-refractivity contribution is 7.89. The SMILES string of the molecule is Cc1ccc(S(=O)(=O)NCC(c2ccco2)N2CCOCC2)cc1Cl. The van der Waals surface area contributed by atoms with E-state index in [0.717, 1.165) is 24.4 Å². The van der Waals surface area contributed by atoms with Crippen LogP contribution in [0.1, 0.15) is 17.4 Å². The Bertz CT molecular complexity index is 802. The summed E-state index contributed by atoms with van der Waals surface area (Å²) in [6, 6.07) is 8.20. The molecule has 2 aromatic rings. The van der Waals surface area contributed by atoms with Gasteiger partial charge in [-0.1, -0.05) is 17.7 Å².